The molecule has 1 aromatic heterocycles. The van der Waals surface area contributed by atoms with Crippen LogP contribution in [0.15, 0.2) is 64.3 Å². The molecule has 25 heavy (non-hydrogen) atoms. The van der Waals surface area contributed by atoms with Gasteiger partial charge < -0.3 is 9.30 Å². The maximum absolute atomic E-state index is 11.9. The highest BCUT2D eigenvalue weighted by Crippen LogP contribution is 2.33. The average molecular weight is 352 g/mol. The van der Waals surface area contributed by atoms with Gasteiger partial charge >= 0.3 is 0 Å². The Morgan fingerprint density at radius 2 is 1.72 bits per heavy atom. The summed E-state index contributed by atoms with van der Waals surface area (Å²) in [5.41, 5.74) is 1.98. The van der Waals surface area contributed by atoms with Crippen LogP contribution in [0.4, 0.5) is 0 Å². The van der Waals surface area contributed by atoms with E-state index in [-0.39, 0.29) is 5.02 Å². The Morgan fingerprint density at radius 1 is 1.00 bits per heavy atom. The molecule has 0 radical (unpaired) electrons. The molecular formula is C20H14ClNO3. The van der Waals surface area contributed by atoms with Crippen molar-refractivity contribution in [2.45, 2.75) is 6.54 Å². The van der Waals surface area contributed by atoms with E-state index in [1.54, 1.807) is 7.11 Å². The Morgan fingerprint density at radius 3 is 2.40 bits per heavy atom. The van der Waals surface area contributed by atoms with E-state index in [0.29, 0.717) is 17.7 Å². The van der Waals surface area contributed by atoms with Crippen molar-refractivity contribution < 1.29 is 4.74 Å². The molecule has 0 aliphatic heterocycles. The Kier molecular flexibility index (Phi) is 3.70. The van der Waals surface area contributed by atoms with Gasteiger partial charge in [-0.05, 0) is 23.8 Å². The molecule has 4 rings (SSSR count). The first kappa shape index (κ1) is 15.7. The third kappa shape index (κ3) is 2.46. The fraction of sp³-hybridized carbons (Fsp3) is 0.100. The molecule has 0 spiro atoms. The number of nitrogens with zero attached hydrogens (tertiary/aromatic N) is 1. The molecule has 0 saturated heterocycles. The van der Waals surface area contributed by atoms with Crippen molar-refractivity contribution in [3.63, 3.8) is 0 Å². The lowest BCUT2D eigenvalue weighted by molar-refractivity contribution is 0.414. The van der Waals surface area contributed by atoms with Crippen LogP contribution in [-0.2, 0) is 6.54 Å². The first-order chi connectivity index (χ1) is 12.1. The molecule has 0 aliphatic carbocycles. The van der Waals surface area contributed by atoms with Gasteiger partial charge in [-0.1, -0.05) is 41.9 Å². The summed E-state index contributed by atoms with van der Waals surface area (Å²) in [5, 5.41) is 0.933. The number of hydrogen-bond acceptors (Lipinski definition) is 3. The number of methoxy groups -OCH3 is 1. The van der Waals surface area contributed by atoms with E-state index in [0.717, 1.165) is 22.2 Å². The third-order valence-corrected chi connectivity index (χ3v) is 4.78. The van der Waals surface area contributed by atoms with Gasteiger partial charge in [0.1, 0.15) is 10.8 Å². The summed E-state index contributed by atoms with van der Waals surface area (Å²) in [4.78, 5) is 23.4. The zero-order valence-electron chi connectivity index (χ0n) is 13.5. The van der Waals surface area contributed by atoms with Gasteiger partial charge in [-0.15, -0.1) is 0 Å². The van der Waals surface area contributed by atoms with Gasteiger partial charge in [-0.3, -0.25) is 9.59 Å². The number of para-hydroxylation sites is 1. The van der Waals surface area contributed by atoms with E-state index in [2.05, 4.69) is 4.57 Å². The molecule has 4 aromatic rings. The predicted octanol–water partition coefficient (Wildman–Crippen LogP) is 3.61. The fourth-order valence-corrected chi connectivity index (χ4v) is 3.38. The second kappa shape index (κ2) is 5.90. The molecule has 0 bridgehead atoms. The van der Waals surface area contributed by atoms with E-state index >= 15 is 0 Å². The monoisotopic (exact) mass is 351 g/mol. The summed E-state index contributed by atoms with van der Waals surface area (Å²) in [6.07, 6.45) is 1.89. The Labute approximate surface area is 148 Å². The minimum Gasteiger partial charge on any atom is -0.497 e. The van der Waals surface area contributed by atoms with Crippen LogP contribution < -0.4 is 15.6 Å². The number of hydrogen-bond donors (Lipinski definition) is 0. The molecule has 4 nitrogen and oxygen atoms in total. The number of aromatic nitrogens is 1. The molecular weight excluding hydrogens is 338 g/mol. The van der Waals surface area contributed by atoms with Crippen molar-refractivity contribution >= 4 is 22.5 Å². The van der Waals surface area contributed by atoms with Gasteiger partial charge in [0, 0.05) is 29.2 Å². The number of ether oxygens (including phenoxy) is 1. The number of rotatable bonds is 4. The number of benzene rings is 2. The number of fused-ring (bicyclic) bond motifs is 1. The van der Waals surface area contributed by atoms with Crippen LogP contribution in [0, 0.1) is 0 Å². The van der Waals surface area contributed by atoms with Gasteiger partial charge in [-0.2, -0.15) is 0 Å². The third-order valence-electron chi connectivity index (χ3n) is 4.42. The van der Waals surface area contributed by atoms with Crippen LogP contribution in [0.2, 0.25) is 5.02 Å². The summed E-state index contributed by atoms with van der Waals surface area (Å²) < 4.78 is 7.24. The summed E-state index contributed by atoms with van der Waals surface area (Å²) in [6.45, 7) is 0.636. The lowest BCUT2D eigenvalue weighted by Crippen LogP contribution is -2.33. The zero-order valence-corrected chi connectivity index (χ0v) is 14.2. The van der Waals surface area contributed by atoms with Crippen molar-refractivity contribution in [3.05, 3.63) is 85.8 Å². The Balaban J connectivity index is 1.82. The molecule has 0 unspecified atom stereocenters. The first-order valence-electron chi connectivity index (χ1n) is 7.80. The molecule has 1 heterocycles. The van der Waals surface area contributed by atoms with E-state index < -0.39 is 10.9 Å². The van der Waals surface area contributed by atoms with Crippen molar-refractivity contribution in [1.29, 1.82) is 0 Å². The summed E-state index contributed by atoms with van der Waals surface area (Å²) in [5.74, 6) is 0.803. The zero-order chi connectivity index (χ0) is 17.6. The largest absolute Gasteiger partial charge is 0.497 e. The van der Waals surface area contributed by atoms with Crippen molar-refractivity contribution in [1.82, 2.24) is 4.57 Å². The average Bonchev–Trinajstić information content (AvgIpc) is 3.00. The molecule has 0 atom stereocenters. The minimum absolute atomic E-state index is 0.0253. The topological polar surface area (TPSA) is 48.3 Å². The Hall–Kier alpha value is -2.85. The lowest BCUT2D eigenvalue weighted by atomic mass is 10.0. The second-order valence-corrected chi connectivity index (χ2v) is 6.26. The molecule has 0 fully saturated rings. The van der Waals surface area contributed by atoms with Gasteiger partial charge in [0.25, 0.3) is 0 Å². The van der Waals surface area contributed by atoms with E-state index in [1.165, 1.54) is 0 Å². The standard InChI is InChI=1S/C20H14ClNO3/c1-25-13-8-6-12(7-9-13)10-22-11-15(14-4-2-3-5-16(14)22)17-18(21)20(24)19(17)23/h2-9,11H,10H2,1H3. The molecule has 0 amide bonds. The summed E-state index contributed by atoms with van der Waals surface area (Å²) >= 11 is 5.98. The van der Waals surface area contributed by atoms with E-state index in [9.17, 15) is 9.59 Å². The van der Waals surface area contributed by atoms with Crippen LogP contribution in [0.25, 0.3) is 22.0 Å². The SMILES string of the molecule is COc1ccc(Cn2cc(-c3c(Cl)c(=O)c3=O)c3ccccc32)cc1. The smallest absolute Gasteiger partial charge is 0.245 e. The summed E-state index contributed by atoms with van der Waals surface area (Å²) in [7, 11) is 1.63. The predicted molar refractivity (Wildman–Crippen MR) is 99.4 cm³/mol. The van der Waals surface area contributed by atoms with Crippen LogP contribution >= 0.6 is 11.6 Å². The quantitative estimate of drug-likeness (QED) is 0.528. The van der Waals surface area contributed by atoms with Crippen molar-refractivity contribution in [2.75, 3.05) is 7.11 Å². The summed E-state index contributed by atoms with van der Waals surface area (Å²) in [6, 6.07) is 15.6. The van der Waals surface area contributed by atoms with Crippen molar-refractivity contribution in [3.8, 4) is 16.9 Å². The first-order valence-corrected chi connectivity index (χ1v) is 8.18. The minimum atomic E-state index is -0.608. The Bertz CT molecular complexity index is 1150. The maximum Gasteiger partial charge on any atom is 0.245 e. The van der Waals surface area contributed by atoms with Crippen LogP contribution in [0.5, 0.6) is 5.75 Å². The lowest BCUT2D eigenvalue weighted by Gasteiger charge is -2.06. The normalized spacial score (nSPS) is 11.3. The van der Waals surface area contributed by atoms with Gasteiger partial charge in [0.05, 0.1) is 12.7 Å². The molecule has 3 aromatic carbocycles. The highest BCUT2D eigenvalue weighted by Gasteiger charge is 2.23. The molecule has 5 heteroatoms. The highest BCUT2D eigenvalue weighted by atomic mass is 35.5. The fourth-order valence-electron chi connectivity index (χ4n) is 3.11. The second-order valence-electron chi connectivity index (χ2n) is 5.88. The van der Waals surface area contributed by atoms with Crippen LogP contribution in [0.1, 0.15) is 5.56 Å². The molecule has 0 saturated carbocycles. The van der Waals surface area contributed by atoms with Gasteiger partial charge in [-0.25, -0.2) is 0 Å². The maximum atomic E-state index is 11.9. The van der Waals surface area contributed by atoms with E-state index in [1.807, 2.05) is 54.7 Å². The van der Waals surface area contributed by atoms with Crippen LogP contribution in [-0.4, -0.2) is 11.7 Å². The van der Waals surface area contributed by atoms with Gasteiger partial charge in [0.2, 0.25) is 10.9 Å². The van der Waals surface area contributed by atoms with Crippen molar-refractivity contribution in [2.24, 2.45) is 0 Å². The van der Waals surface area contributed by atoms with E-state index in [4.69, 9.17) is 16.3 Å². The highest BCUT2D eigenvalue weighted by molar-refractivity contribution is 6.34. The molecule has 124 valence electrons. The molecule has 0 aliphatic rings. The molecule has 0 N–H and O–H groups in total. The number of halogens is 1. The van der Waals surface area contributed by atoms with Crippen LogP contribution in [0.3, 0.4) is 0 Å². The van der Waals surface area contributed by atoms with Gasteiger partial charge in [0.15, 0.2) is 0 Å².